The van der Waals surface area contributed by atoms with Crippen molar-refractivity contribution < 1.29 is 14.5 Å². The number of hydrogen-bond acceptors (Lipinski definition) is 6. The lowest BCUT2D eigenvalue weighted by Crippen LogP contribution is -2.31. The number of likely N-dealkylation sites (tertiary alicyclic amines) is 1. The normalized spacial score (nSPS) is 16.3. The highest BCUT2D eigenvalue weighted by Gasteiger charge is 2.30. The first-order chi connectivity index (χ1) is 13.9. The number of carbonyl (C=O) groups excluding carboxylic acids is 1. The summed E-state index contributed by atoms with van der Waals surface area (Å²) in [6, 6.07) is 8.36. The second kappa shape index (κ2) is 9.00. The summed E-state index contributed by atoms with van der Waals surface area (Å²) in [6.45, 7) is 6.39. The van der Waals surface area contributed by atoms with Crippen molar-refractivity contribution in [3.8, 4) is 5.75 Å². The molecule has 1 amide bonds. The Labute approximate surface area is 170 Å². The van der Waals surface area contributed by atoms with Crippen LogP contribution in [0.5, 0.6) is 5.75 Å². The monoisotopic (exact) mass is 398 g/mol. The molecule has 1 saturated heterocycles. The molecule has 1 aliphatic heterocycles. The van der Waals surface area contributed by atoms with Crippen LogP contribution >= 0.6 is 0 Å². The SMILES string of the molecule is CCN(C)Cc1cc(OC2CCN(C(=O)c3cccc([N+](=O)[O-])c3C)C2)ccn1. The zero-order valence-electron chi connectivity index (χ0n) is 17.0. The third-order valence-corrected chi connectivity index (χ3v) is 5.23. The Balaban J connectivity index is 1.65. The molecule has 2 aromatic rings. The van der Waals surface area contributed by atoms with Crippen LogP contribution < -0.4 is 4.74 Å². The molecule has 2 heterocycles. The smallest absolute Gasteiger partial charge is 0.273 e. The first-order valence-electron chi connectivity index (χ1n) is 9.72. The lowest BCUT2D eigenvalue weighted by Gasteiger charge is -2.19. The Morgan fingerprint density at radius 2 is 2.21 bits per heavy atom. The predicted octanol–water partition coefficient (Wildman–Crippen LogP) is 3.04. The average molecular weight is 398 g/mol. The van der Waals surface area contributed by atoms with E-state index in [0.29, 0.717) is 30.6 Å². The van der Waals surface area contributed by atoms with Gasteiger partial charge in [-0.2, -0.15) is 0 Å². The number of nitrogens with zero attached hydrogens (tertiary/aromatic N) is 4. The van der Waals surface area contributed by atoms with Crippen LogP contribution in [0.4, 0.5) is 5.69 Å². The lowest BCUT2D eigenvalue weighted by molar-refractivity contribution is -0.385. The van der Waals surface area contributed by atoms with Crippen molar-refractivity contribution in [1.29, 1.82) is 0 Å². The van der Waals surface area contributed by atoms with Gasteiger partial charge >= 0.3 is 0 Å². The Morgan fingerprint density at radius 3 is 2.93 bits per heavy atom. The van der Waals surface area contributed by atoms with Crippen LogP contribution in [-0.4, -0.2) is 58.4 Å². The third-order valence-electron chi connectivity index (χ3n) is 5.23. The molecule has 3 rings (SSSR count). The zero-order chi connectivity index (χ0) is 21.0. The van der Waals surface area contributed by atoms with Crippen LogP contribution in [0.15, 0.2) is 36.5 Å². The van der Waals surface area contributed by atoms with Gasteiger partial charge in [-0.1, -0.05) is 13.0 Å². The summed E-state index contributed by atoms with van der Waals surface area (Å²) in [4.78, 5) is 31.8. The molecule has 8 nitrogen and oxygen atoms in total. The topological polar surface area (TPSA) is 88.8 Å². The fraction of sp³-hybridized carbons (Fsp3) is 0.429. The number of pyridine rings is 1. The number of rotatable bonds is 7. The number of ether oxygens (including phenoxy) is 1. The van der Waals surface area contributed by atoms with Gasteiger partial charge in [-0.05, 0) is 32.6 Å². The highest BCUT2D eigenvalue weighted by Crippen LogP contribution is 2.25. The van der Waals surface area contributed by atoms with Gasteiger partial charge in [-0.15, -0.1) is 0 Å². The largest absolute Gasteiger partial charge is 0.488 e. The number of benzene rings is 1. The molecule has 0 radical (unpaired) electrons. The van der Waals surface area contributed by atoms with E-state index in [0.717, 1.165) is 24.5 Å². The van der Waals surface area contributed by atoms with Crippen LogP contribution in [-0.2, 0) is 6.54 Å². The van der Waals surface area contributed by atoms with Crippen molar-refractivity contribution >= 4 is 11.6 Å². The molecule has 0 saturated carbocycles. The third kappa shape index (κ3) is 4.89. The van der Waals surface area contributed by atoms with Gasteiger partial charge in [0.1, 0.15) is 11.9 Å². The zero-order valence-corrected chi connectivity index (χ0v) is 17.0. The first kappa shape index (κ1) is 20.7. The summed E-state index contributed by atoms with van der Waals surface area (Å²) >= 11 is 0. The molecule has 1 aromatic heterocycles. The van der Waals surface area contributed by atoms with Crippen molar-refractivity contribution in [3.05, 3.63) is 63.5 Å². The molecule has 1 aliphatic rings. The Bertz CT molecular complexity index is 902. The molecular weight excluding hydrogens is 372 g/mol. The summed E-state index contributed by atoms with van der Waals surface area (Å²) in [6.07, 6.45) is 2.34. The van der Waals surface area contributed by atoms with Crippen LogP contribution in [0, 0.1) is 17.0 Å². The van der Waals surface area contributed by atoms with Crippen LogP contribution in [0.25, 0.3) is 0 Å². The van der Waals surface area contributed by atoms with Gasteiger partial charge in [-0.3, -0.25) is 19.9 Å². The van der Waals surface area contributed by atoms with E-state index in [2.05, 4.69) is 16.8 Å². The minimum atomic E-state index is -0.459. The number of aromatic nitrogens is 1. The Morgan fingerprint density at radius 1 is 1.41 bits per heavy atom. The van der Waals surface area contributed by atoms with Crippen molar-refractivity contribution in [2.75, 3.05) is 26.7 Å². The van der Waals surface area contributed by atoms with Gasteiger partial charge < -0.3 is 14.5 Å². The molecule has 29 heavy (non-hydrogen) atoms. The van der Waals surface area contributed by atoms with E-state index < -0.39 is 4.92 Å². The molecule has 1 atom stereocenters. The maximum atomic E-state index is 12.9. The molecule has 8 heteroatoms. The maximum absolute atomic E-state index is 12.9. The highest BCUT2D eigenvalue weighted by molar-refractivity contribution is 5.96. The Kier molecular flexibility index (Phi) is 6.43. The Hall–Kier alpha value is -3.00. The summed E-state index contributed by atoms with van der Waals surface area (Å²) in [5.41, 5.74) is 1.66. The van der Waals surface area contributed by atoms with Crippen molar-refractivity contribution in [3.63, 3.8) is 0 Å². The number of carbonyl (C=O) groups is 1. The minimum Gasteiger partial charge on any atom is -0.488 e. The lowest BCUT2D eigenvalue weighted by atomic mass is 10.1. The maximum Gasteiger partial charge on any atom is 0.273 e. The number of hydrogen-bond donors (Lipinski definition) is 0. The minimum absolute atomic E-state index is 0.0378. The van der Waals surface area contributed by atoms with E-state index in [9.17, 15) is 14.9 Å². The summed E-state index contributed by atoms with van der Waals surface area (Å²) in [5.74, 6) is 0.544. The molecule has 154 valence electrons. The summed E-state index contributed by atoms with van der Waals surface area (Å²) in [7, 11) is 2.03. The average Bonchev–Trinajstić information content (AvgIpc) is 3.16. The standard InChI is InChI=1S/C21H26N4O4/c1-4-23(3)13-16-12-17(8-10-22-16)29-18-9-11-24(14-18)21(26)19-6-5-7-20(15(19)2)25(27)28/h5-8,10,12,18H,4,9,11,13-14H2,1-3H3. The molecule has 0 spiro atoms. The molecule has 0 N–H and O–H groups in total. The van der Waals surface area contributed by atoms with E-state index in [1.165, 1.54) is 6.07 Å². The van der Waals surface area contributed by atoms with Gasteiger partial charge in [0.2, 0.25) is 0 Å². The van der Waals surface area contributed by atoms with E-state index >= 15 is 0 Å². The predicted molar refractivity (Wildman–Crippen MR) is 109 cm³/mol. The number of amides is 1. The van der Waals surface area contributed by atoms with Crippen LogP contribution in [0.2, 0.25) is 0 Å². The summed E-state index contributed by atoms with van der Waals surface area (Å²) in [5, 5.41) is 11.1. The molecular formula is C21H26N4O4. The number of nitro groups is 1. The van der Waals surface area contributed by atoms with Gasteiger partial charge in [0, 0.05) is 49.0 Å². The van der Waals surface area contributed by atoms with E-state index in [1.807, 2.05) is 19.2 Å². The van der Waals surface area contributed by atoms with E-state index in [1.54, 1.807) is 30.2 Å². The molecule has 1 aromatic carbocycles. The number of nitro benzene ring substituents is 1. The van der Waals surface area contributed by atoms with Gasteiger partial charge in [-0.25, -0.2) is 0 Å². The fourth-order valence-electron chi connectivity index (χ4n) is 3.43. The van der Waals surface area contributed by atoms with Gasteiger partial charge in [0.15, 0.2) is 0 Å². The van der Waals surface area contributed by atoms with Crippen LogP contribution in [0.3, 0.4) is 0 Å². The van der Waals surface area contributed by atoms with E-state index in [4.69, 9.17) is 4.74 Å². The molecule has 0 bridgehead atoms. The molecule has 0 aliphatic carbocycles. The quantitative estimate of drug-likeness (QED) is 0.526. The van der Waals surface area contributed by atoms with E-state index in [-0.39, 0.29) is 17.7 Å². The van der Waals surface area contributed by atoms with Crippen molar-refractivity contribution in [1.82, 2.24) is 14.8 Å². The molecule has 1 unspecified atom stereocenters. The van der Waals surface area contributed by atoms with Gasteiger partial charge in [0.05, 0.1) is 17.2 Å². The highest BCUT2D eigenvalue weighted by atomic mass is 16.6. The second-order valence-electron chi connectivity index (χ2n) is 7.30. The summed E-state index contributed by atoms with van der Waals surface area (Å²) < 4.78 is 6.08. The second-order valence-corrected chi connectivity index (χ2v) is 7.30. The van der Waals surface area contributed by atoms with Crippen molar-refractivity contribution in [2.45, 2.75) is 32.9 Å². The van der Waals surface area contributed by atoms with Gasteiger partial charge in [0.25, 0.3) is 11.6 Å². The van der Waals surface area contributed by atoms with Crippen molar-refractivity contribution in [2.24, 2.45) is 0 Å². The first-order valence-corrected chi connectivity index (χ1v) is 9.72. The fourth-order valence-corrected chi connectivity index (χ4v) is 3.43. The van der Waals surface area contributed by atoms with Crippen LogP contribution in [0.1, 0.15) is 35.0 Å². The molecule has 1 fully saturated rings.